The summed E-state index contributed by atoms with van der Waals surface area (Å²) in [7, 11) is 0. The number of nitrogens with zero attached hydrogens (tertiary/aromatic N) is 2. The van der Waals surface area contributed by atoms with E-state index in [9.17, 15) is 29.3 Å². The molecule has 3 fully saturated rings. The number of halogens is 2. The molecular weight excluding hydrogens is 588 g/mol. The van der Waals surface area contributed by atoms with Gasteiger partial charge in [-0.15, -0.1) is 0 Å². The molecule has 2 aromatic rings. The molecule has 0 unspecified atom stereocenters. The van der Waals surface area contributed by atoms with Gasteiger partial charge in [-0.1, -0.05) is 37.9 Å². The highest BCUT2D eigenvalue weighted by molar-refractivity contribution is 9.12. The van der Waals surface area contributed by atoms with Gasteiger partial charge in [0.25, 0.3) is 5.69 Å². The zero-order valence-corrected chi connectivity index (χ0v) is 21.2. The molecule has 1 heterocycles. The number of esters is 1. The van der Waals surface area contributed by atoms with E-state index in [2.05, 4.69) is 31.9 Å². The van der Waals surface area contributed by atoms with E-state index < -0.39 is 23.3 Å². The number of imide groups is 1. The Bertz CT molecular complexity index is 1230. The normalized spacial score (nSPS) is 28.8. The number of fused-ring (bicyclic) bond motifs is 5. The number of hydrogen-bond acceptors (Lipinski definition) is 7. The van der Waals surface area contributed by atoms with E-state index in [1.807, 2.05) is 0 Å². The standard InChI is InChI=1S/C24H18Br2N2O7/c25-20-15-9-16(21(20)26)19-18(15)22(30)27(23(19)31)14-3-1-2-12(8-14)24(32)35-10-17(29)11-4-6-13(7-5-11)28(33)34/h1-8,15-16,18-21H,9-10H2/t15-,16-,18-,19+,20-,21+/m0/s1. The second-order valence-corrected chi connectivity index (χ2v) is 11.0. The van der Waals surface area contributed by atoms with Crippen molar-refractivity contribution in [3.63, 3.8) is 0 Å². The molecule has 2 aromatic carbocycles. The first kappa shape index (κ1) is 23.8. The SMILES string of the molecule is O=C(COC(=O)c1cccc(N2C(=O)[C@@H]3[C@@H]4C[C@H]([C@H](Br)[C@@H]4Br)[C@@H]3C2=O)c1)c1ccc([N+](=O)[O-])cc1. The highest BCUT2D eigenvalue weighted by Gasteiger charge is 2.66. The first-order valence-electron chi connectivity index (χ1n) is 10.9. The van der Waals surface area contributed by atoms with Crippen LogP contribution >= 0.6 is 31.9 Å². The van der Waals surface area contributed by atoms with Gasteiger partial charge < -0.3 is 4.74 Å². The minimum Gasteiger partial charge on any atom is -0.454 e. The van der Waals surface area contributed by atoms with Crippen LogP contribution in [0.4, 0.5) is 11.4 Å². The van der Waals surface area contributed by atoms with Crippen LogP contribution in [0.3, 0.4) is 0 Å². The van der Waals surface area contributed by atoms with Crippen LogP contribution in [-0.2, 0) is 14.3 Å². The number of anilines is 1. The number of carbonyl (C=O) groups excluding carboxylic acids is 4. The van der Waals surface area contributed by atoms with Gasteiger partial charge in [0.15, 0.2) is 12.4 Å². The summed E-state index contributed by atoms with van der Waals surface area (Å²) in [6, 6.07) is 11.0. The Labute approximate surface area is 216 Å². The zero-order chi connectivity index (χ0) is 25.0. The van der Waals surface area contributed by atoms with Crippen LogP contribution in [0.15, 0.2) is 48.5 Å². The number of rotatable bonds is 6. The molecule has 180 valence electrons. The second-order valence-electron chi connectivity index (χ2n) is 8.87. The van der Waals surface area contributed by atoms with Crippen LogP contribution in [0.2, 0.25) is 0 Å². The molecule has 1 saturated heterocycles. The summed E-state index contributed by atoms with van der Waals surface area (Å²) in [5, 5.41) is 10.7. The summed E-state index contributed by atoms with van der Waals surface area (Å²) < 4.78 is 5.12. The molecule has 6 atom stereocenters. The largest absolute Gasteiger partial charge is 0.454 e. The molecule has 2 amide bonds. The predicted octanol–water partition coefficient (Wildman–Crippen LogP) is 3.92. The Balaban J connectivity index is 1.28. The van der Waals surface area contributed by atoms with Gasteiger partial charge in [0.1, 0.15) is 0 Å². The fraction of sp³-hybridized carbons (Fsp3) is 0.333. The number of hydrogen-bond donors (Lipinski definition) is 0. The lowest BCUT2D eigenvalue weighted by molar-refractivity contribution is -0.384. The Hall–Kier alpha value is -2.92. The lowest BCUT2D eigenvalue weighted by atomic mass is 9.81. The number of Topliss-reactive ketones (excluding diaryl/α,β-unsaturated/α-hetero) is 1. The molecule has 5 rings (SSSR count). The first-order chi connectivity index (χ1) is 16.7. The van der Waals surface area contributed by atoms with Gasteiger partial charge in [-0.05, 0) is 48.6 Å². The van der Waals surface area contributed by atoms with E-state index in [4.69, 9.17) is 4.74 Å². The van der Waals surface area contributed by atoms with Crippen LogP contribution in [0.5, 0.6) is 0 Å². The molecule has 0 aromatic heterocycles. The van der Waals surface area contributed by atoms with Gasteiger partial charge in [0, 0.05) is 27.4 Å². The highest BCUT2D eigenvalue weighted by Crippen LogP contribution is 2.60. The van der Waals surface area contributed by atoms with Gasteiger partial charge in [-0.3, -0.25) is 29.4 Å². The van der Waals surface area contributed by atoms with Crippen molar-refractivity contribution in [2.24, 2.45) is 23.7 Å². The summed E-state index contributed by atoms with van der Waals surface area (Å²) in [5.74, 6) is -2.41. The van der Waals surface area contributed by atoms with E-state index in [0.717, 1.165) is 11.3 Å². The van der Waals surface area contributed by atoms with E-state index in [-0.39, 0.29) is 62.0 Å². The molecule has 2 aliphatic carbocycles. The van der Waals surface area contributed by atoms with Gasteiger partial charge in [-0.25, -0.2) is 4.79 Å². The number of nitro groups is 1. The average Bonchev–Trinajstić information content (AvgIpc) is 3.47. The van der Waals surface area contributed by atoms with Crippen LogP contribution in [-0.4, -0.2) is 44.8 Å². The molecule has 35 heavy (non-hydrogen) atoms. The van der Waals surface area contributed by atoms with E-state index >= 15 is 0 Å². The number of nitro benzene ring substituents is 1. The molecular formula is C24H18Br2N2O7. The quantitative estimate of drug-likeness (QED) is 0.122. The molecule has 0 spiro atoms. The van der Waals surface area contributed by atoms with Crippen LogP contribution in [0.1, 0.15) is 27.1 Å². The maximum Gasteiger partial charge on any atom is 0.338 e. The number of non-ortho nitro benzene ring substituents is 1. The third kappa shape index (κ3) is 3.90. The van der Waals surface area contributed by atoms with Crippen molar-refractivity contribution in [3.05, 3.63) is 69.8 Å². The van der Waals surface area contributed by atoms with Crippen LogP contribution in [0.25, 0.3) is 0 Å². The fourth-order valence-corrected chi connectivity index (χ4v) is 7.32. The molecule has 3 aliphatic rings. The second kappa shape index (κ2) is 8.94. The Morgan fingerprint density at radius 1 is 0.971 bits per heavy atom. The van der Waals surface area contributed by atoms with Crippen molar-refractivity contribution in [1.82, 2.24) is 0 Å². The molecule has 2 saturated carbocycles. The molecule has 2 bridgehead atoms. The smallest absolute Gasteiger partial charge is 0.338 e. The number of ether oxygens (including phenoxy) is 1. The lowest BCUT2D eigenvalue weighted by Crippen LogP contribution is -2.37. The summed E-state index contributed by atoms with van der Waals surface area (Å²) in [4.78, 5) is 62.9. The summed E-state index contributed by atoms with van der Waals surface area (Å²) in [6.07, 6.45) is 0.821. The summed E-state index contributed by atoms with van der Waals surface area (Å²) in [6.45, 7) is -0.560. The van der Waals surface area contributed by atoms with Gasteiger partial charge in [0.05, 0.1) is 28.0 Å². The molecule has 0 N–H and O–H groups in total. The minimum atomic E-state index is -0.789. The van der Waals surface area contributed by atoms with Crippen molar-refractivity contribution in [1.29, 1.82) is 0 Å². The predicted molar refractivity (Wildman–Crippen MR) is 131 cm³/mol. The third-order valence-corrected chi connectivity index (χ3v) is 10.3. The number of benzene rings is 2. The molecule has 9 nitrogen and oxygen atoms in total. The van der Waals surface area contributed by atoms with Gasteiger partial charge in [0.2, 0.25) is 11.8 Å². The number of alkyl halides is 2. The monoisotopic (exact) mass is 604 g/mol. The molecule has 11 heteroatoms. The number of ketones is 1. The van der Waals surface area contributed by atoms with E-state index in [1.165, 1.54) is 36.4 Å². The topological polar surface area (TPSA) is 124 Å². The van der Waals surface area contributed by atoms with E-state index in [1.54, 1.807) is 12.1 Å². The zero-order valence-electron chi connectivity index (χ0n) is 18.0. The third-order valence-electron chi connectivity index (χ3n) is 7.06. The fourth-order valence-electron chi connectivity index (χ4n) is 5.44. The van der Waals surface area contributed by atoms with Crippen molar-refractivity contribution in [2.75, 3.05) is 11.5 Å². The van der Waals surface area contributed by atoms with Crippen molar-refractivity contribution < 1.29 is 28.8 Å². The van der Waals surface area contributed by atoms with Gasteiger partial charge in [-0.2, -0.15) is 0 Å². The Morgan fingerprint density at radius 2 is 1.57 bits per heavy atom. The maximum atomic E-state index is 13.2. The summed E-state index contributed by atoms with van der Waals surface area (Å²) in [5.41, 5.74) is 0.400. The Kier molecular flexibility index (Phi) is 6.08. The maximum absolute atomic E-state index is 13.2. The average molecular weight is 606 g/mol. The van der Waals surface area contributed by atoms with Crippen molar-refractivity contribution >= 4 is 66.8 Å². The van der Waals surface area contributed by atoms with Crippen LogP contribution < -0.4 is 4.90 Å². The molecule has 1 aliphatic heterocycles. The minimum absolute atomic E-state index is 0.0782. The van der Waals surface area contributed by atoms with E-state index in [0.29, 0.717) is 5.69 Å². The van der Waals surface area contributed by atoms with Crippen molar-refractivity contribution in [3.8, 4) is 0 Å². The van der Waals surface area contributed by atoms with Crippen molar-refractivity contribution in [2.45, 2.75) is 16.1 Å². The highest BCUT2D eigenvalue weighted by atomic mass is 79.9. The number of amides is 2. The number of carbonyl (C=O) groups is 4. The Morgan fingerprint density at radius 3 is 2.14 bits per heavy atom. The summed E-state index contributed by atoms with van der Waals surface area (Å²) >= 11 is 7.32. The first-order valence-corrected chi connectivity index (χ1v) is 12.7. The van der Waals surface area contributed by atoms with Gasteiger partial charge >= 0.3 is 5.97 Å². The lowest BCUT2D eigenvalue weighted by Gasteiger charge is -2.28. The van der Waals surface area contributed by atoms with Crippen LogP contribution in [0, 0.1) is 33.8 Å². The molecule has 0 radical (unpaired) electrons.